The second-order valence-corrected chi connectivity index (χ2v) is 8.03. The van der Waals surface area contributed by atoms with Gasteiger partial charge in [0.15, 0.2) is 6.10 Å². The van der Waals surface area contributed by atoms with Gasteiger partial charge in [-0.05, 0) is 37.1 Å². The summed E-state index contributed by atoms with van der Waals surface area (Å²) >= 11 is 0. The first-order valence-electron chi connectivity index (χ1n) is 10.2. The topological polar surface area (TPSA) is 100.0 Å². The summed E-state index contributed by atoms with van der Waals surface area (Å²) < 4.78 is 4.94. The summed E-state index contributed by atoms with van der Waals surface area (Å²) in [5.74, 6) is -1.71. The fourth-order valence-corrected chi connectivity index (χ4v) is 4.56. The number of ether oxygens (including phenoxy) is 1. The molecular weight excluding hydrogens is 384 g/mol. The average Bonchev–Trinajstić information content (AvgIpc) is 3.06. The summed E-state index contributed by atoms with van der Waals surface area (Å²) in [6.07, 6.45) is 4.47. The van der Waals surface area contributed by atoms with Crippen LogP contribution < -0.4 is 0 Å². The predicted molar refractivity (Wildman–Crippen MR) is 111 cm³/mol. The lowest BCUT2D eigenvalue weighted by Gasteiger charge is -2.34. The zero-order chi connectivity index (χ0) is 21.3. The lowest BCUT2D eigenvalue weighted by Crippen LogP contribution is -2.45. The molecule has 7 heteroatoms. The third-order valence-electron chi connectivity index (χ3n) is 6.19. The minimum Gasteiger partial charge on any atom is -0.463 e. The van der Waals surface area contributed by atoms with Gasteiger partial charge in [0.2, 0.25) is 0 Å². The molecule has 158 valence electrons. The molecule has 3 unspecified atom stereocenters. The maximum Gasteiger partial charge on any atom is 0.335 e. The van der Waals surface area contributed by atoms with Crippen LogP contribution in [0.25, 0.3) is 17.0 Å². The molecule has 1 fully saturated rings. The number of para-hydroxylation sites is 1. The molecule has 0 amide bonds. The zero-order valence-electron chi connectivity index (χ0n) is 16.9. The van der Waals surface area contributed by atoms with Crippen molar-refractivity contribution in [1.29, 1.82) is 0 Å². The number of carbonyl (C=O) groups is 2. The van der Waals surface area contributed by atoms with Gasteiger partial charge in [0.25, 0.3) is 0 Å². The summed E-state index contributed by atoms with van der Waals surface area (Å²) in [6, 6.07) is 7.81. The van der Waals surface area contributed by atoms with Gasteiger partial charge in [0, 0.05) is 24.5 Å². The van der Waals surface area contributed by atoms with E-state index in [1.165, 1.54) is 0 Å². The Morgan fingerprint density at radius 3 is 2.90 bits per heavy atom. The van der Waals surface area contributed by atoms with Crippen LogP contribution in [0.2, 0.25) is 0 Å². The van der Waals surface area contributed by atoms with E-state index in [-0.39, 0.29) is 19.3 Å². The van der Waals surface area contributed by atoms with Gasteiger partial charge in [-0.15, -0.1) is 0 Å². The molecule has 2 aliphatic rings. The fraction of sp³-hybridized carbons (Fsp3) is 0.435. The van der Waals surface area contributed by atoms with Crippen molar-refractivity contribution in [2.75, 3.05) is 20.3 Å². The fourth-order valence-electron chi connectivity index (χ4n) is 4.56. The van der Waals surface area contributed by atoms with Gasteiger partial charge in [-0.25, -0.2) is 4.79 Å². The van der Waals surface area contributed by atoms with Gasteiger partial charge in [-0.3, -0.25) is 9.88 Å². The van der Waals surface area contributed by atoms with Crippen molar-refractivity contribution in [3.63, 3.8) is 0 Å². The van der Waals surface area contributed by atoms with Gasteiger partial charge in [0.05, 0.1) is 23.2 Å². The number of aliphatic hydroxyl groups excluding tert-OH is 2. The Kier molecular flexibility index (Phi) is 5.94. The number of benzene rings is 1. The number of aldehydes is 1. The Bertz CT molecular complexity index is 987. The quantitative estimate of drug-likeness (QED) is 0.554. The van der Waals surface area contributed by atoms with E-state index >= 15 is 0 Å². The summed E-state index contributed by atoms with van der Waals surface area (Å²) in [5, 5.41) is 20.6. The highest BCUT2D eigenvalue weighted by molar-refractivity contribution is 5.90. The lowest BCUT2D eigenvalue weighted by molar-refractivity contribution is -0.171. The van der Waals surface area contributed by atoms with E-state index in [1.807, 2.05) is 43.5 Å². The lowest BCUT2D eigenvalue weighted by atomic mass is 9.81. The molecule has 7 nitrogen and oxygen atoms in total. The second-order valence-electron chi connectivity index (χ2n) is 8.03. The number of cyclic esters (lactones) is 1. The van der Waals surface area contributed by atoms with Crippen LogP contribution in [-0.4, -0.2) is 58.7 Å². The normalized spacial score (nSPS) is 26.8. The first-order valence-corrected chi connectivity index (χ1v) is 10.2. The molecular formula is C23H26N2O5. The van der Waals surface area contributed by atoms with E-state index in [0.717, 1.165) is 34.0 Å². The Hall–Kier alpha value is -2.61. The van der Waals surface area contributed by atoms with Crippen molar-refractivity contribution in [2.24, 2.45) is 11.8 Å². The van der Waals surface area contributed by atoms with Crippen molar-refractivity contribution >= 4 is 29.2 Å². The highest BCUT2D eigenvalue weighted by Crippen LogP contribution is 2.42. The highest BCUT2D eigenvalue weighted by atomic mass is 16.5. The smallest absolute Gasteiger partial charge is 0.335 e. The molecule has 1 aromatic heterocycles. The number of fused-ring (bicyclic) bond motifs is 2. The average molecular weight is 410 g/mol. The summed E-state index contributed by atoms with van der Waals surface area (Å²) in [4.78, 5) is 30.5. The van der Waals surface area contributed by atoms with Crippen LogP contribution in [0.1, 0.15) is 35.7 Å². The number of aliphatic hydroxyl groups is 2. The number of carbonyl (C=O) groups excluding carboxylic acids is 2. The molecule has 0 aliphatic carbocycles. The van der Waals surface area contributed by atoms with Crippen LogP contribution in [0.5, 0.6) is 0 Å². The van der Waals surface area contributed by atoms with Gasteiger partial charge < -0.3 is 19.7 Å². The zero-order valence-corrected chi connectivity index (χ0v) is 16.9. The molecule has 4 rings (SSSR count). The van der Waals surface area contributed by atoms with Crippen molar-refractivity contribution in [3.8, 4) is 0 Å². The molecule has 0 bridgehead atoms. The third kappa shape index (κ3) is 3.64. The van der Waals surface area contributed by atoms with Gasteiger partial charge in [0.1, 0.15) is 12.9 Å². The number of nitrogens with zero attached hydrogens (tertiary/aromatic N) is 2. The first-order chi connectivity index (χ1) is 14.5. The molecule has 0 spiro atoms. The summed E-state index contributed by atoms with van der Waals surface area (Å²) in [7, 11) is 1.99. The minimum atomic E-state index is -1.31. The molecule has 3 heterocycles. The Morgan fingerprint density at radius 1 is 1.33 bits per heavy atom. The summed E-state index contributed by atoms with van der Waals surface area (Å²) in [5.41, 5.74) is 3.96. The van der Waals surface area contributed by atoms with Crippen LogP contribution in [0.15, 0.2) is 30.3 Å². The highest BCUT2D eigenvalue weighted by Gasteiger charge is 2.43. The van der Waals surface area contributed by atoms with E-state index in [4.69, 9.17) is 14.8 Å². The molecule has 30 heavy (non-hydrogen) atoms. The Labute approximate surface area is 175 Å². The molecule has 0 saturated carbocycles. The second kappa shape index (κ2) is 8.63. The van der Waals surface area contributed by atoms with Crippen molar-refractivity contribution < 1.29 is 24.5 Å². The molecule has 2 aliphatic heterocycles. The largest absolute Gasteiger partial charge is 0.463 e. The van der Waals surface area contributed by atoms with E-state index in [2.05, 4.69) is 4.90 Å². The van der Waals surface area contributed by atoms with Gasteiger partial charge in [-0.2, -0.15) is 0 Å². The van der Waals surface area contributed by atoms with Crippen molar-refractivity contribution in [3.05, 3.63) is 47.2 Å². The number of hydrogen-bond donors (Lipinski definition) is 2. The van der Waals surface area contributed by atoms with Gasteiger partial charge >= 0.3 is 5.97 Å². The van der Waals surface area contributed by atoms with Crippen LogP contribution in [0, 0.1) is 11.8 Å². The number of pyridine rings is 1. The van der Waals surface area contributed by atoms with Crippen LogP contribution in [-0.2, 0) is 20.9 Å². The number of aromatic nitrogens is 1. The third-order valence-corrected chi connectivity index (χ3v) is 6.19. The van der Waals surface area contributed by atoms with Crippen molar-refractivity contribution in [1.82, 2.24) is 9.88 Å². The Balaban J connectivity index is 1.75. The molecule has 0 radical (unpaired) electrons. The van der Waals surface area contributed by atoms with E-state index < -0.39 is 23.9 Å². The number of esters is 1. The van der Waals surface area contributed by atoms with Crippen LogP contribution in [0.4, 0.5) is 0 Å². The molecule has 1 aromatic carbocycles. The summed E-state index contributed by atoms with van der Waals surface area (Å²) in [6.45, 7) is 0.774. The standard InChI is InChI=1S/C23H26N2O5/c1-25-11-18-15(6-4-5-9-26)16-7-2-3-8-19(16)24-21(18)20(25)10-17-14(12-27)13-30-23(29)22(17)28/h2-4,6-8,12,14,17,20,22,26,28H,5,9-11,13H2,1H3/b6-4+/t14?,17?,20?,22-/m0/s1. The van der Waals surface area contributed by atoms with Crippen LogP contribution >= 0.6 is 0 Å². The number of hydrogen-bond acceptors (Lipinski definition) is 7. The molecule has 1 saturated heterocycles. The maximum atomic E-state index is 11.9. The van der Waals surface area contributed by atoms with E-state index in [1.54, 1.807) is 0 Å². The molecule has 4 atom stereocenters. The van der Waals surface area contributed by atoms with Crippen LogP contribution in [0.3, 0.4) is 0 Å². The van der Waals surface area contributed by atoms with E-state index in [9.17, 15) is 14.7 Å². The minimum absolute atomic E-state index is 0.00759. The Morgan fingerprint density at radius 2 is 2.13 bits per heavy atom. The maximum absolute atomic E-state index is 11.9. The monoisotopic (exact) mass is 410 g/mol. The first kappa shape index (κ1) is 20.7. The molecule has 2 aromatic rings. The predicted octanol–water partition coefficient (Wildman–Crippen LogP) is 1.86. The van der Waals surface area contributed by atoms with Crippen molar-refractivity contribution in [2.45, 2.75) is 31.5 Å². The van der Waals surface area contributed by atoms with Gasteiger partial charge in [-0.1, -0.05) is 30.4 Å². The van der Waals surface area contributed by atoms with E-state index in [0.29, 0.717) is 19.4 Å². The number of rotatable bonds is 6. The SMILES string of the molecule is CN1Cc2c(nc3ccccc3c2/C=C/CCO)C1CC1C(C=O)COC(=O)[C@H]1O. The molecule has 2 N–H and O–H groups in total.